The van der Waals surface area contributed by atoms with Crippen LogP contribution in [0.4, 0.5) is 4.39 Å². The van der Waals surface area contributed by atoms with Crippen LogP contribution in [0, 0.1) is 5.82 Å². The van der Waals surface area contributed by atoms with E-state index >= 15 is 0 Å². The highest BCUT2D eigenvalue weighted by atomic mass is 32.2. The fraction of sp³-hybridized carbons (Fsp3) is 0. The molecule has 1 aromatic heterocycles. The first kappa shape index (κ1) is 9.92. The van der Waals surface area contributed by atoms with Crippen LogP contribution in [0.5, 0.6) is 0 Å². The molecular formula is C10H6FNO2S. The summed E-state index contributed by atoms with van der Waals surface area (Å²) in [4.78, 5) is 15.0. The fourth-order valence-corrected chi connectivity index (χ4v) is 1.86. The number of aromatic nitrogens is 1. The lowest BCUT2D eigenvalue weighted by atomic mass is 10.2. The van der Waals surface area contributed by atoms with Gasteiger partial charge in [-0.15, -0.1) is 0 Å². The fourth-order valence-electron chi connectivity index (χ4n) is 1.07. The molecule has 0 spiro atoms. The van der Waals surface area contributed by atoms with Crippen molar-refractivity contribution in [2.75, 3.05) is 0 Å². The summed E-state index contributed by atoms with van der Waals surface area (Å²) in [6.07, 6.45) is 3.53. The van der Waals surface area contributed by atoms with Crippen LogP contribution in [0.15, 0.2) is 45.2 Å². The van der Waals surface area contributed by atoms with Gasteiger partial charge in [-0.2, -0.15) is 0 Å². The molecule has 2 rings (SSSR count). The van der Waals surface area contributed by atoms with Crippen molar-refractivity contribution in [2.45, 2.75) is 10.1 Å². The molecule has 0 bridgehead atoms. The van der Waals surface area contributed by atoms with E-state index in [9.17, 15) is 9.18 Å². The lowest BCUT2D eigenvalue weighted by molar-refractivity contribution is 0.112. The van der Waals surface area contributed by atoms with Crippen LogP contribution in [-0.2, 0) is 0 Å². The summed E-state index contributed by atoms with van der Waals surface area (Å²) < 4.78 is 18.0. The van der Waals surface area contributed by atoms with Crippen molar-refractivity contribution >= 4 is 18.0 Å². The average molecular weight is 223 g/mol. The molecule has 15 heavy (non-hydrogen) atoms. The van der Waals surface area contributed by atoms with Gasteiger partial charge in [0.2, 0.25) is 0 Å². The molecule has 0 aliphatic rings. The molecule has 2 aromatic rings. The molecule has 0 saturated heterocycles. The second kappa shape index (κ2) is 4.27. The van der Waals surface area contributed by atoms with Crippen LogP contribution in [0.1, 0.15) is 10.4 Å². The molecule has 0 aliphatic carbocycles. The number of nitrogens with zero attached hydrogens (tertiary/aromatic N) is 1. The lowest BCUT2D eigenvalue weighted by Crippen LogP contribution is -1.84. The smallest absolute Gasteiger partial charge is 0.260 e. The zero-order valence-corrected chi connectivity index (χ0v) is 8.33. The number of benzene rings is 1. The predicted octanol–water partition coefficient (Wildman–Crippen LogP) is 2.78. The molecular weight excluding hydrogens is 217 g/mol. The van der Waals surface area contributed by atoms with Crippen molar-refractivity contribution in [2.24, 2.45) is 0 Å². The number of halogens is 1. The van der Waals surface area contributed by atoms with Gasteiger partial charge >= 0.3 is 0 Å². The summed E-state index contributed by atoms with van der Waals surface area (Å²) in [5, 5.41) is 0.414. The van der Waals surface area contributed by atoms with E-state index in [-0.39, 0.29) is 0 Å². The Morgan fingerprint density at radius 1 is 1.40 bits per heavy atom. The molecule has 0 unspecified atom stereocenters. The van der Waals surface area contributed by atoms with E-state index in [2.05, 4.69) is 4.98 Å². The van der Waals surface area contributed by atoms with E-state index < -0.39 is 5.82 Å². The highest BCUT2D eigenvalue weighted by molar-refractivity contribution is 7.99. The Bertz CT molecular complexity index is 470. The molecule has 0 amide bonds. The van der Waals surface area contributed by atoms with Crippen molar-refractivity contribution < 1.29 is 13.6 Å². The predicted molar refractivity (Wildman–Crippen MR) is 52.4 cm³/mol. The quantitative estimate of drug-likeness (QED) is 0.750. The molecule has 0 radical (unpaired) electrons. The Balaban J connectivity index is 2.28. The zero-order chi connectivity index (χ0) is 10.7. The molecule has 1 heterocycles. The van der Waals surface area contributed by atoms with E-state index in [0.717, 1.165) is 11.8 Å². The van der Waals surface area contributed by atoms with E-state index in [1.807, 2.05) is 0 Å². The van der Waals surface area contributed by atoms with E-state index in [0.29, 0.717) is 22.0 Å². The Morgan fingerprint density at radius 3 is 2.93 bits per heavy atom. The Kier molecular flexibility index (Phi) is 2.82. The highest BCUT2D eigenvalue weighted by Gasteiger charge is 2.04. The SMILES string of the molecule is O=Cc1cc(F)cc(Sc2ncco2)c1. The maximum atomic E-state index is 13.0. The van der Waals surface area contributed by atoms with Crippen molar-refractivity contribution in [1.82, 2.24) is 4.98 Å². The number of hydrogen-bond donors (Lipinski definition) is 0. The number of carbonyl (C=O) groups is 1. The zero-order valence-electron chi connectivity index (χ0n) is 7.51. The third-order valence-corrected chi connectivity index (χ3v) is 2.49. The van der Waals surface area contributed by atoms with Gasteiger partial charge in [0.15, 0.2) is 0 Å². The normalized spacial score (nSPS) is 10.2. The van der Waals surface area contributed by atoms with Crippen molar-refractivity contribution in [1.29, 1.82) is 0 Å². The van der Waals surface area contributed by atoms with E-state index in [1.54, 1.807) is 6.07 Å². The number of oxazole rings is 1. The number of carbonyl (C=O) groups excluding carboxylic acids is 1. The summed E-state index contributed by atoms with van der Waals surface area (Å²) in [6, 6.07) is 4.07. The first-order valence-corrected chi connectivity index (χ1v) is 4.93. The highest BCUT2D eigenvalue weighted by Crippen LogP contribution is 2.27. The monoisotopic (exact) mass is 223 g/mol. The average Bonchev–Trinajstić information content (AvgIpc) is 2.69. The Hall–Kier alpha value is -1.62. The molecule has 5 heteroatoms. The van der Waals surface area contributed by atoms with Crippen LogP contribution in [-0.4, -0.2) is 11.3 Å². The van der Waals surface area contributed by atoms with Crippen LogP contribution >= 0.6 is 11.8 Å². The molecule has 0 fully saturated rings. The number of rotatable bonds is 3. The van der Waals surface area contributed by atoms with Crippen molar-refractivity contribution in [3.8, 4) is 0 Å². The van der Waals surface area contributed by atoms with Gasteiger partial charge < -0.3 is 4.42 Å². The summed E-state index contributed by atoms with van der Waals surface area (Å²) in [7, 11) is 0. The third kappa shape index (κ3) is 2.44. The second-order valence-electron chi connectivity index (χ2n) is 2.74. The largest absolute Gasteiger partial charge is 0.440 e. The lowest BCUT2D eigenvalue weighted by Gasteiger charge is -1.98. The minimum absolute atomic E-state index is 0.295. The van der Waals surface area contributed by atoms with Crippen molar-refractivity contribution in [3.63, 3.8) is 0 Å². The maximum absolute atomic E-state index is 13.0. The topological polar surface area (TPSA) is 43.1 Å². The minimum atomic E-state index is -0.450. The first-order valence-electron chi connectivity index (χ1n) is 4.11. The number of hydrogen-bond acceptors (Lipinski definition) is 4. The summed E-state index contributed by atoms with van der Waals surface area (Å²) in [6.45, 7) is 0. The molecule has 1 aromatic carbocycles. The molecule has 0 aliphatic heterocycles. The van der Waals surface area contributed by atoms with Crippen LogP contribution < -0.4 is 0 Å². The molecule has 0 atom stereocenters. The molecule has 76 valence electrons. The van der Waals surface area contributed by atoms with Crippen LogP contribution in [0.2, 0.25) is 0 Å². The van der Waals surface area contributed by atoms with Gasteiger partial charge in [-0.3, -0.25) is 4.79 Å². The third-order valence-electron chi connectivity index (χ3n) is 1.64. The van der Waals surface area contributed by atoms with Gasteiger partial charge in [0, 0.05) is 10.5 Å². The van der Waals surface area contributed by atoms with Gasteiger partial charge in [-0.05, 0) is 30.0 Å². The van der Waals surface area contributed by atoms with Gasteiger partial charge in [-0.1, -0.05) is 0 Å². The van der Waals surface area contributed by atoms with Crippen LogP contribution in [0.25, 0.3) is 0 Å². The molecule has 0 N–H and O–H groups in total. The Labute approximate surface area is 89.3 Å². The summed E-state index contributed by atoms with van der Waals surface area (Å²) in [5.74, 6) is -0.450. The van der Waals surface area contributed by atoms with Crippen molar-refractivity contribution in [3.05, 3.63) is 42.0 Å². The van der Waals surface area contributed by atoms with E-state index in [4.69, 9.17) is 4.42 Å². The minimum Gasteiger partial charge on any atom is -0.440 e. The maximum Gasteiger partial charge on any atom is 0.260 e. The standard InChI is InChI=1S/C10H6FNO2S/c11-8-3-7(6-13)4-9(5-8)15-10-12-1-2-14-10/h1-6H. The first-order chi connectivity index (χ1) is 7.28. The van der Waals surface area contributed by atoms with Gasteiger partial charge in [0.25, 0.3) is 5.22 Å². The summed E-state index contributed by atoms with van der Waals surface area (Å²) >= 11 is 1.16. The van der Waals surface area contributed by atoms with Gasteiger partial charge in [0.05, 0.1) is 6.20 Å². The van der Waals surface area contributed by atoms with E-state index in [1.165, 1.54) is 24.6 Å². The van der Waals surface area contributed by atoms with Gasteiger partial charge in [0.1, 0.15) is 18.4 Å². The molecule has 0 saturated carbocycles. The Morgan fingerprint density at radius 2 is 2.27 bits per heavy atom. The number of aldehydes is 1. The van der Waals surface area contributed by atoms with Crippen LogP contribution in [0.3, 0.4) is 0 Å². The second-order valence-corrected chi connectivity index (χ2v) is 3.76. The summed E-state index contributed by atoms with van der Waals surface area (Å²) in [5.41, 5.74) is 0.295. The van der Waals surface area contributed by atoms with Gasteiger partial charge in [-0.25, -0.2) is 9.37 Å². The molecule has 3 nitrogen and oxygen atoms in total.